The predicted molar refractivity (Wildman–Crippen MR) is 114 cm³/mol. The van der Waals surface area contributed by atoms with Crippen LogP contribution in [0.15, 0.2) is 48.8 Å². The van der Waals surface area contributed by atoms with Crippen LogP contribution in [0.4, 0.5) is 0 Å². The van der Waals surface area contributed by atoms with Gasteiger partial charge in [-0.1, -0.05) is 63.3 Å². The monoisotopic (exact) mass is 366 g/mol. The average molecular weight is 367 g/mol. The van der Waals surface area contributed by atoms with Gasteiger partial charge in [-0.25, -0.2) is 9.97 Å². The molecule has 146 valence electrons. The fourth-order valence-electron chi connectivity index (χ4n) is 3.06. The second-order valence-corrected chi connectivity index (χ2v) is 6.99. The van der Waals surface area contributed by atoms with Gasteiger partial charge in [-0.3, -0.25) is 0 Å². The molecule has 0 spiro atoms. The number of benzene rings is 1. The summed E-state index contributed by atoms with van der Waals surface area (Å²) in [7, 11) is 0. The number of hydrogen-bond acceptors (Lipinski definition) is 3. The summed E-state index contributed by atoms with van der Waals surface area (Å²) in [5.41, 5.74) is 2.19. The van der Waals surface area contributed by atoms with E-state index in [0.29, 0.717) is 6.61 Å². The fraction of sp³-hybridized carbons (Fsp3) is 0.500. The first kappa shape index (κ1) is 21.1. The lowest BCUT2D eigenvalue weighted by Crippen LogP contribution is -2.00. The number of para-hydroxylation sites is 1. The van der Waals surface area contributed by atoms with Crippen LogP contribution in [0, 0.1) is 0 Å². The van der Waals surface area contributed by atoms with Crippen molar-refractivity contribution in [1.82, 2.24) is 9.97 Å². The number of nitrogens with zero attached hydrogens (tertiary/aromatic N) is 2. The predicted octanol–water partition coefficient (Wildman–Crippen LogP) is 6.78. The Bertz CT molecular complexity index is 664. The Balaban J connectivity index is 1.86. The fourth-order valence-corrected chi connectivity index (χ4v) is 3.06. The van der Waals surface area contributed by atoms with Crippen molar-refractivity contribution in [3.05, 3.63) is 54.4 Å². The SMILES string of the molecule is C/C=C/CCCOc1ccccc1-c1ncc(CCCCCCCC)cn1. The van der Waals surface area contributed by atoms with Crippen LogP contribution in [-0.2, 0) is 6.42 Å². The Labute approximate surface area is 164 Å². The first-order valence-electron chi connectivity index (χ1n) is 10.5. The zero-order valence-electron chi connectivity index (χ0n) is 17.0. The molecule has 0 fully saturated rings. The molecule has 3 heteroatoms. The first-order valence-corrected chi connectivity index (χ1v) is 10.5. The molecule has 0 saturated carbocycles. The highest BCUT2D eigenvalue weighted by Crippen LogP contribution is 2.27. The molecule has 27 heavy (non-hydrogen) atoms. The summed E-state index contributed by atoms with van der Waals surface area (Å²) in [6.07, 6.45) is 19.2. The smallest absolute Gasteiger partial charge is 0.162 e. The van der Waals surface area contributed by atoms with Crippen molar-refractivity contribution in [2.75, 3.05) is 6.61 Å². The van der Waals surface area contributed by atoms with Gasteiger partial charge in [0.25, 0.3) is 0 Å². The summed E-state index contributed by atoms with van der Waals surface area (Å²) in [6, 6.07) is 8.04. The van der Waals surface area contributed by atoms with E-state index in [1.165, 1.54) is 44.1 Å². The molecule has 2 aromatic rings. The summed E-state index contributed by atoms with van der Waals surface area (Å²) in [5, 5.41) is 0. The minimum absolute atomic E-state index is 0.706. The van der Waals surface area contributed by atoms with Gasteiger partial charge in [0.1, 0.15) is 5.75 Å². The van der Waals surface area contributed by atoms with Gasteiger partial charge in [-0.2, -0.15) is 0 Å². The number of rotatable bonds is 13. The van der Waals surface area contributed by atoms with Gasteiger partial charge >= 0.3 is 0 Å². The van der Waals surface area contributed by atoms with E-state index in [0.717, 1.165) is 36.4 Å². The molecule has 0 aliphatic carbocycles. The second-order valence-electron chi connectivity index (χ2n) is 6.99. The lowest BCUT2D eigenvalue weighted by atomic mass is 10.1. The number of aromatic nitrogens is 2. The first-order chi connectivity index (χ1) is 13.3. The Morgan fingerprint density at radius 2 is 1.67 bits per heavy atom. The summed E-state index contributed by atoms with van der Waals surface area (Å²) < 4.78 is 5.97. The molecule has 1 heterocycles. The molecule has 0 amide bonds. The van der Waals surface area contributed by atoms with Crippen molar-refractivity contribution in [2.24, 2.45) is 0 Å². The molecule has 2 rings (SSSR count). The van der Waals surface area contributed by atoms with Gasteiger partial charge in [0.15, 0.2) is 5.82 Å². The van der Waals surface area contributed by atoms with Gasteiger partial charge in [-0.05, 0) is 50.3 Å². The molecule has 0 radical (unpaired) electrons. The van der Waals surface area contributed by atoms with Gasteiger partial charge in [0.2, 0.25) is 0 Å². The molecule has 0 bridgehead atoms. The molecule has 0 saturated heterocycles. The number of unbranched alkanes of at least 4 members (excludes halogenated alkanes) is 6. The molecule has 3 nitrogen and oxygen atoms in total. The van der Waals surface area contributed by atoms with E-state index < -0.39 is 0 Å². The van der Waals surface area contributed by atoms with E-state index in [1.54, 1.807) is 0 Å². The minimum Gasteiger partial charge on any atom is -0.493 e. The highest BCUT2D eigenvalue weighted by atomic mass is 16.5. The molecule has 0 aliphatic rings. The van der Waals surface area contributed by atoms with E-state index in [-0.39, 0.29) is 0 Å². The van der Waals surface area contributed by atoms with Crippen LogP contribution >= 0.6 is 0 Å². The Hall–Kier alpha value is -2.16. The topological polar surface area (TPSA) is 35.0 Å². The minimum atomic E-state index is 0.706. The zero-order chi connectivity index (χ0) is 19.2. The van der Waals surface area contributed by atoms with Crippen LogP contribution < -0.4 is 4.74 Å². The third kappa shape index (κ3) is 7.94. The summed E-state index contributed by atoms with van der Waals surface area (Å²) in [6.45, 7) is 5.01. The largest absolute Gasteiger partial charge is 0.493 e. The summed E-state index contributed by atoms with van der Waals surface area (Å²) in [5.74, 6) is 1.60. The number of allylic oxidation sites excluding steroid dienone is 2. The van der Waals surface area contributed by atoms with E-state index in [9.17, 15) is 0 Å². The Morgan fingerprint density at radius 1 is 0.926 bits per heavy atom. The molecule has 0 unspecified atom stereocenters. The standard InChI is InChI=1S/C24H34N2O/c1-3-5-7-9-10-11-15-21-19-25-24(26-20-21)22-16-12-13-17-23(22)27-18-14-8-6-4-2/h4,6,12-13,16-17,19-20H,3,5,7-11,14-15,18H2,1-2H3/b6-4+. The van der Waals surface area contributed by atoms with Gasteiger partial charge in [0.05, 0.1) is 12.2 Å². The van der Waals surface area contributed by atoms with Crippen molar-refractivity contribution in [3.63, 3.8) is 0 Å². The van der Waals surface area contributed by atoms with E-state index >= 15 is 0 Å². The third-order valence-electron chi connectivity index (χ3n) is 4.66. The quantitative estimate of drug-likeness (QED) is 0.289. The second kappa shape index (κ2) is 13.1. The maximum Gasteiger partial charge on any atom is 0.162 e. The lowest BCUT2D eigenvalue weighted by Gasteiger charge is -2.10. The van der Waals surface area contributed by atoms with Crippen LogP contribution in [0.1, 0.15) is 70.8 Å². The molecule has 0 atom stereocenters. The molecule has 0 N–H and O–H groups in total. The van der Waals surface area contributed by atoms with E-state index in [4.69, 9.17) is 4.74 Å². The Kier molecular flexibility index (Phi) is 10.2. The van der Waals surface area contributed by atoms with E-state index in [1.807, 2.05) is 43.6 Å². The average Bonchev–Trinajstić information content (AvgIpc) is 2.71. The van der Waals surface area contributed by atoms with Crippen molar-refractivity contribution >= 4 is 0 Å². The van der Waals surface area contributed by atoms with Gasteiger partial charge in [0, 0.05) is 12.4 Å². The van der Waals surface area contributed by atoms with Crippen molar-refractivity contribution < 1.29 is 4.74 Å². The molecule has 1 aromatic carbocycles. The summed E-state index contributed by atoms with van der Waals surface area (Å²) >= 11 is 0. The maximum atomic E-state index is 5.97. The molecular formula is C24H34N2O. The lowest BCUT2D eigenvalue weighted by molar-refractivity contribution is 0.313. The van der Waals surface area contributed by atoms with Crippen LogP contribution in [0.25, 0.3) is 11.4 Å². The number of ether oxygens (including phenoxy) is 1. The van der Waals surface area contributed by atoms with Crippen LogP contribution in [0.3, 0.4) is 0 Å². The molecular weight excluding hydrogens is 332 g/mol. The zero-order valence-corrected chi connectivity index (χ0v) is 17.0. The third-order valence-corrected chi connectivity index (χ3v) is 4.66. The maximum absolute atomic E-state index is 5.97. The normalized spacial score (nSPS) is 11.2. The highest BCUT2D eigenvalue weighted by Gasteiger charge is 2.08. The van der Waals surface area contributed by atoms with Gasteiger partial charge in [-0.15, -0.1) is 0 Å². The summed E-state index contributed by atoms with van der Waals surface area (Å²) in [4.78, 5) is 9.19. The molecule has 1 aromatic heterocycles. The van der Waals surface area contributed by atoms with Crippen LogP contribution in [0.2, 0.25) is 0 Å². The number of aryl methyl sites for hydroxylation is 1. The molecule has 0 aliphatic heterocycles. The van der Waals surface area contributed by atoms with E-state index in [2.05, 4.69) is 29.0 Å². The van der Waals surface area contributed by atoms with Crippen molar-refractivity contribution in [1.29, 1.82) is 0 Å². The Morgan fingerprint density at radius 3 is 2.44 bits per heavy atom. The number of hydrogen-bond donors (Lipinski definition) is 0. The van der Waals surface area contributed by atoms with Gasteiger partial charge < -0.3 is 4.74 Å². The van der Waals surface area contributed by atoms with Crippen molar-refractivity contribution in [3.8, 4) is 17.1 Å². The van der Waals surface area contributed by atoms with Crippen LogP contribution in [0.5, 0.6) is 5.75 Å². The highest BCUT2D eigenvalue weighted by molar-refractivity contribution is 5.63. The van der Waals surface area contributed by atoms with Crippen LogP contribution in [-0.4, -0.2) is 16.6 Å². The van der Waals surface area contributed by atoms with Crippen molar-refractivity contribution in [2.45, 2.75) is 71.6 Å².